The van der Waals surface area contributed by atoms with Crippen LogP contribution in [-0.2, 0) is 0 Å². The van der Waals surface area contributed by atoms with E-state index in [1.807, 2.05) is 36.4 Å². The van der Waals surface area contributed by atoms with Gasteiger partial charge in [-0.05, 0) is 70.6 Å². The Labute approximate surface area is 277 Å². The zero-order chi connectivity index (χ0) is 32.2. The molecule has 2 heterocycles. The van der Waals surface area contributed by atoms with Gasteiger partial charge in [-0.1, -0.05) is 109 Å². The lowest BCUT2D eigenvalue weighted by molar-refractivity contribution is 1.18. The molecule has 0 aliphatic rings. The number of hydrogen-bond acceptors (Lipinski definition) is 0. The lowest BCUT2D eigenvalue weighted by Crippen LogP contribution is -1.98. The maximum atomic E-state index is 7.90. The van der Waals surface area contributed by atoms with E-state index in [2.05, 4.69) is 140 Å². The molecular weight excluding hydrogens is 585 g/mol. The maximum Gasteiger partial charge on any atom is 0.197 e. The van der Waals surface area contributed by atoms with Gasteiger partial charge in [0.2, 0.25) is 0 Å². The molecule has 0 fully saturated rings. The Morgan fingerprint density at radius 2 is 1.04 bits per heavy atom. The quantitative estimate of drug-likeness (QED) is 0.177. The average molecular weight is 611 g/mol. The van der Waals surface area contributed by atoms with Gasteiger partial charge in [-0.15, -0.1) is 0 Å². The van der Waals surface area contributed by atoms with Gasteiger partial charge < -0.3 is 9.13 Å². The van der Waals surface area contributed by atoms with Gasteiger partial charge in [-0.25, -0.2) is 9.69 Å². The van der Waals surface area contributed by atoms with Crippen molar-refractivity contribution in [2.45, 2.75) is 0 Å². The standard InChI is InChI=1S/C44H26N4/c1-45-30-25-26-32(29-13-11-14-31(27-29)47-39-20-7-3-15-33(39)34-16-4-8-21-40(34)47)37(28-30)35-17-5-9-22-41(35)48-42-23-10-6-18-36(42)44-38(46-2)19-12-24-43(44)48/h3-28H. The van der Waals surface area contributed by atoms with Gasteiger partial charge in [0, 0.05) is 32.9 Å². The first kappa shape index (κ1) is 27.4. The minimum absolute atomic E-state index is 0.583. The first-order valence-electron chi connectivity index (χ1n) is 15.8. The molecule has 0 amide bonds. The van der Waals surface area contributed by atoms with Crippen molar-refractivity contribution in [3.05, 3.63) is 181 Å². The summed E-state index contributed by atoms with van der Waals surface area (Å²) in [6, 6.07) is 54.4. The van der Waals surface area contributed by atoms with E-state index >= 15 is 0 Å². The summed E-state index contributed by atoms with van der Waals surface area (Å²) in [5.74, 6) is 0. The van der Waals surface area contributed by atoms with Crippen molar-refractivity contribution in [3.8, 4) is 33.6 Å². The second-order valence-corrected chi connectivity index (χ2v) is 11.9. The fourth-order valence-corrected chi connectivity index (χ4v) is 7.34. The summed E-state index contributed by atoms with van der Waals surface area (Å²) in [5.41, 5.74) is 11.7. The summed E-state index contributed by atoms with van der Waals surface area (Å²) >= 11 is 0. The van der Waals surface area contributed by atoms with E-state index < -0.39 is 0 Å². The molecule has 0 saturated heterocycles. The number of rotatable bonds is 4. The first-order chi connectivity index (χ1) is 23.7. The normalized spacial score (nSPS) is 11.3. The van der Waals surface area contributed by atoms with Crippen molar-refractivity contribution in [1.29, 1.82) is 0 Å². The minimum atomic E-state index is 0.583. The smallest absolute Gasteiger partial charge is 0.197 e. The molecule has 0 bridgehead atoms. The van der Waals surface area contributed by atoms with Gasteiger partial charge in [-0.2, -0.15) is 0 Å². The Hall–Kier alpha value is -6.88. The maximum absolute atomic E-state index is 7.90. The Kier molecular flexibility index (Phi) is 6.22. The molecule has 9 aromatic rings. The van der Waals surface area contributed by atoms with E-state index in [0.29, 0.717) is 11.4 Å². The van der Waals surface area contributed by atoms with Crippen LogP contribution < -0.4 is 0 Å². The van der Waals surface area contributed by atoms with Crippen LogP contribution in [0.1, 0.15) is 0 Å². The highest BCUT2D eigenvalue weighted by molar-refractivity contribution is 6.15. The van der Waals surface area contributed by atoms with E-state index in [0.717, 1.165) is 66.5 Å². The van der Waals surface area contributed by atoms with Gasteiger partial charge in [0.15, 0.2) is 11.4 Å². The molecule has 0 spiro atoms. The van der Waals surface area contributed by atoms with E-state index in [1.54, 1.807) is 0 Å². The third-order valence-electron chi connectivity index (χ3n) is 9.36. The summed E-state index contributed by atoms with van der Waals surface area (Å²) in [4.78, 5) is 7.72. The molecule has 4 nitrogen and oxygen atoms in total. The molecule has 7 aromatic carbocycles. The number of nitrogens with zero attached hydrogens (tertiary/aromatic N) is 4. The van der Waals surface area contributed by atoms with Gasteiger partial charge in [0.05, 0.1) is 35.4 Å². The van der Waals surface area contributed by atoms with Crippen molar-refractivity contribution in [3.63, 3.8) is 0 Å². The molecule has 0 atom stereocenters. The molecule has 0 aliphatic carbocycles. The highest BCUT2D eigenvalue weighted by Crippen LogP contribution is 2.43. The van der Waals surface area contributed by atoms with Crippen molar-refractivity contribution < 1.29 is 0 Å². The summed E-state index contributed by atoms with van der Waals surface area (Å²) in [7, 11) is 0. The van der Waals surface area contributed by atoms with Crippen LogP contribution in [0.2, 0.25) is 0 Å². The van der Waals surface area contributed by atoms with E-state index in [9.17, 15) is 0 Å². The first-order valence-corrected chi connectivity index (χ1v) is 15.8. The number of aromatic nitrogens is 2. The van der Waals surface area contributed by atoms with Crippen LogP contribution in [0.3, 0.4) is 0 Å². The molecule has 2 aromatic heterocycles. The molecule has 0 N–H and O–H groups in total. The zero-order valence-electron chi connectivity index (χ0n) is 25.8. The Balaban J connectivity index is 1.30. The van der Waals surface area contributed by atoms with Gasteiger partial charge in [0.25, 0.3) is 0 Å². The van der Waals surface area contributed by atoms with Crippen molar-refractivity contribution in [2.75, 3.05) is 0 Å². The van der Waals surface area contributed by atoms with Crippen LogP contribution in [0.4, 0.5) is 11.4 Å². The Bertz CT molecular complexity index is 2760. The summed E-state index contributed by atoms with van der Waals surface area (Å²) < 4.78 is 4.60. The van der Waals surface area contributed by atoms with Gasteiger partial charge in [0.1, 0.15) is 0 Å². The molecule has 0 radical (unpaired) electrons. The predicted molar refractivity (Wildman–Crippen MR) is 199 cm³/mol. The molecule has 222 valence electrons. The van der Waals surface area contributed by atoms with Crippen molar-refractivity contribution >= 4 is 55.0 Å². The molecule has 0 saturated carbocycles. The number of para-hydroxylation sites is 4. The van der Waals surface area contributed by atoms with Gasteiger partial charge in [-0.3, -0.25) is 0 Å². The molecular formula is C44H26N4. The summed E-state index contributed by atoms with van der Waals surface area (Å²) in [6.45, 7) is 15.8. The topological polar surface area (TPSA) is 18.6 Å². The van der Waals surface area contributed by atoms with Crippen LogP contribution in [0.15, 0.2) is 158 Å². The van der Waals surface area contributed by atoms with Crippen LogP contribution in [0.5, 0.6) is 0 Å². The lowest BCUT2D eigenvalue weighted by atomic mass is 9.92. The molecule has 0 aliphatic heterocycles. The van der Waals surface area contributed by atoms with Crippen LogP contribution >= 0.6 is 0 Å². The predicted octanol–water partition coefficient (Wildman–Crippen LogP) is 12.3. The Morgan fingerprint density at radius 3 is 1.77 bits per heavy atom. The molecule has 4 heteroatoms. The monoisotopic (exact) mass is 610 g/mol. The fourth-order valence-electron chi connectivity index (χ4n) is 7.34. The number of hydrogen-bond donors (Lipinski definition) is 0. The highest BCUT2D eigenvalue weighted by atomic mass is 15.0. The van der Waals surface area contributed by atoms with E-state index in [4.69, 9.17) is 13.1 Å². The summed E-state index contributed by atoms with van der Waals surface area (Å²) in [5, 5.41) is 4.44. The minimum Gasteiger partial charge on any atom is -0.310 e. The average Bonchev–Trinajstić information content (AvgIpc) is 3.68. The SMILES string of the molecule is [C-]#[N+]c1ccc(-c2cccc(-n3c4ccccc4c4ccccc43)c2)c(-c2ccccc2-n2c3ccccc3c3c([N+]#[C-])cccc32)c1. The molecule has 0 unspecified atom stereocenters. The third kappa shape index (κ3) is 4.07. The number of fused-ring (bicyclic) bond motifs is 6. The third-order valence-corrected chi connectivity index (χ3v) is 9.36. The fraction of sp³-hybridized carbons (Fsp3) is 0. The van der Waals surface area contributed by atoms with Crippen LogP contribution in [0.25, 0.3) is 86.9 Å². The lowest BCUT2D eigenvalue weighted by Gasteiger charge is -2.18. The second kappa shape index (κ2) is 10.9. The summed E-state index contributed by atoms with van der Waals surface area (Å²) in [6.07, 6.45) is 0. The second-order valence-electron chi connectivity index (χ2n) is 11.9. The van der Waals surface area contributed by atoms with Crippen LogP contribution in [0, 0.1) is 13.1 Å². The van der Waals surface area contributed by atoms with Gasteiger partial charge >= 0.3 is 0 Å². The van der Waals surface area contributed by atoms with E-state index in [-0.39, 0.29) is 0 Å². The highest BCUT2D eigenvalue weighted by Gasteiger charge is 2.20. The molecule has 9 rings (SSSR count). The Morgan fingerprint density at radius 1 is 0.417 bits per heavy atom. The number of benzene rings is 7. The van der Waals surface area contributed by atoms with Crippen molar-refractivity contribution in [2.24, 2.45) is 0 Å². The van der Waals surface area contributed by atoms with Crippen molar-refractivity contribution in [1.82, 2.24) is 9.13 Å². The van der Waals surface area contributed by atoms with E-state index in [1.165, 1.54) is 10.8 Å². The molecule has 48 heavy (non-hydrogen) atoms. The largest absolute Gasteiger partial charge is 0.310 e. The zero-order valence-corrected chi connectivity index (χ0v) is 25.8. The van der Waals surface area contributed by atoms with Crippen LogP contribution in [-0.4, -0.2) is 9.13 Å².